The first-order valence-electron chi connectivity index (χ1n) is 9.17. The number of morpholine rings is 1. The third kappa shape index (κ3) is 4.71. The summed E-state index contributed by atoms with van der Waals surface area (Å²) in [7, 11) is 0. The van der Waals surface area contributed by atoms with Crippen LogP contribution in [-0.4, -0.2) is 47.1 Å². The molecule has 2 heterocycles. The Labute approximate surface area is 160 Å². The fourth-order valence-electron chi connectivity index (χ4n) is 3.11. The molecular formula is C21H26N4O2. The van der Waals surface area contributed by atoms with Crippen molar-refractivity contribution in [3.63, 3.8) is 0 Å². The molecule has 1 saturated heterocycles. The van der Waals surface area contributed by atoms with E-state index in [0.717, 1.165) is 23.7 Å². The number of rotatable bonds is 6. The maximum absolute atomic E-state index is 8.57. The van der Waals surface area contributed by atoms with Crippen LogP contribution < -0.4 is 9.64 Å². The lowest BCUT2D eigenvalue weighted by molar-refractivity contribution is 0.0102. The van der Waals surface area contributed by atoms with Crippen LogP contribution in [0, 0.1) is 5.41 Å². The molecule has 2 atom stereocenters. The Morgan fingerprint density at radius 1 is 1.33 bits per heavy atom. The van der Waals surface area contributed by atoms with Gasteiger partial charge in [-0.25, -0.2) is 9.97 Å². The van der Waals surface area contributed by atoms with Crippen LogP contribution in [0.5, 0.6) is 5.75 Å². The van der Waals surface area contributed by atoms with E-state index in [2.05, 4.69) is 21.4 Å². The molecule has 0 saturated carbocycles. The van der Waals surface area contributed by atoms with Gasteiger partial charge in [-0.15, -0.1) is 6.58 Å². The van der Waals surface area contributed by atoms with E-state index in [-0.39, 0.29) is 18.3 Å². The van der Waals surface area contributed by atoms with Crippen LogP contribution in [0.4, 0.5) is 5.82 Å². The van der Waals surface area contributed by atoms with Gasteiger partial charge in [-0.1, -0.05) is 18.2 Å². The van der Waals surface area contributed by atoms with Gasteiger partial charge in [-0.2, -0.15) is 0 Å². The summed E-state index contributed by atoms with van der Waals surface area (Å²) >= 11 is 0. The summed E-state index contributed by atoms with van der Waals surface area (Å²) in [6.07, 6.45) is 3.46. The standard InChI is InChI=1S/C21H26N4O2/c1-5-17-12-25(11-15(4)27-17)20-10-19(23-13-24-20)21(22)16-7-6-8-18(9-16)26-14(2)3/h5-10,13-15,17,22H,1,11-12H2,2-4H3/t15-,17+/m1/s1. The Hall–Kier alpha value is -2.73. The molecule has 1 aliphatic heterocycles. The maximum atomic E-state index is 8.57. The van der Waals surface area contributed by atoms with Gasteiger partial charge in [0.2, 0.25) is 0 Å². The van der Waals surface area contributed by atoms with E-state index in [1.165, 1.54) is 6.33 Å². The number of aromatic nitrogens is 2. The highest BCUT2D eigenvalue weighted by Gasteiger charge is 2.24. The Balaban J connectivity index is 1.83. The summed E-state index contributed by atoms with van der Waals surface area (Å²) < 4.78 is 11.6. The van der Waals surface area contributed by atoms with E-state index in [9.17, 15) is 0 Å². The topological polar surface area (TPSA) is 71.3 Å². The molecule has 1 aromatic heterocycles. The van der Waals surface area contributed by atoms with Crippen molar-refractivity contribution in [3.8, 4) is 5.75 Å². The second-order valence-electron chi connectivity index (χ2n) is 6.96. The molecule has 3 rings (SSSR count). The number of nitrogens with one attached hydrogen (secondary N) is 1. The zero-order valence-electron chi connectivity index (χ0n) is 16.1. The Bertz CT molecular complexity index is 821. The smallest absolute Gasteiger partial charge is 0.132 e. The second-order valence-corrected chi connectivity index (χ2v) is 6.96. The highest BCUT2D eigenvalue weighted by Crippen LogP contribution is 2.21. The number of benzene rings is 1. The van der Waals surface area contributed by atoms with E-state index in [4.69, 9.17) is 14.9 Å². The van der Waals surface area contributed by atoms with Crippen molar-refractivity contribution in [2.24, 2.45) is 0 Å². The van der Waals surface area contributed by atoms with Gasteiger partial charge in [0.15, 0.2) is 0 Å². The number of nitrogens with zero attached hydrogens (tertiary/aromatic N) is 3. The average Bonchev–Trinajstić information content (AvgIpc) is 2.66. The highest BCUT2D eigenvalue weighted by atomic mass is 16.5. The summed E-state index contributed by atoms with van der Waals surface area (Å²) in [5, 5.41) is 8.57. The van der Waals surface area contributed by atoms with Crippen molar-refractivity contribution < 1.29 is 9.47 Å². The van der Waals surface area contributed by atoms with Gasteiger partial charge in [0.1, 0.15) is 17.9 Å². The third-order valence-corrected chi connectivity index (χ3v) is 4.28. The zero-order valence-corrected chi connectivity index (χ0v) is 16.1. The third-order valence-electron chi connectivity index (χ3n) is 4.28. The molecule has 2 aromatic rings. The first kappa shape index (κ1) is 19.0. The molecule has 1 fully saturated rings. The molecule has 6 nitrogen and oxygen atoms in total. The van der Waals surface area contributed by atoms with Crippen LogP contribution in [0.2, 0.25) is 0 Å². The molecule has 0 amide bonds. The van der Waals surface area contributed by atoms with Crippen molar-refractivity contribution in [1.82, 2.24) is 9.97 Å². The van der Waals surface area contributed by atoms with Gasteiger partial charge in [-0.3, -0.25) is 5.41 Å². The Kier molecular flexibility index (Phi) is 5.86. The molecule has 1 aromatic carbocycles. The molecule has 0 unspecified atom stereocenters. The molecule has 0 spiro atoms. The molecule has 27 heavy (non-hydrogen) atoms. The van der Waals surface area contributed by atoms with Crippen LogP contribution in [0.25, 0.3) is 0 Å². The van der Waals surface area contributed by atoms with Gasteiger partial charge >= 0.3 is 0 Å². The lowest BCUT2D eigenvalue weighted by Gasteiger charge is -2.36. The molecule has 1 N–H and O–H groups in total. The first-order valence-corrected chi connectivity index (χ1v) is 9.17. The normalized spacial score (nSPS) is 19.8. The minimum atomic E-state index is -0.0310. The number of hydrogen-bond acceptors (Lipinski definition) is 6. The average molecular weight is 366 g/mol. The molecule has 6 heteroatoms. The van der Waals surface area contributed by atoms with Crippen molar-refractivity contribution in [2.45, 2.75) is 39.1 Å². The molecule has 142 valence electrons. The molecule has 1 aliphatic rings. The molecule has 0 radical (unpaired) electrons. The van der Waals surface area contributed by atoms with Crippen LogP contribution in [-0.2, 0) is 4.74 Å². The van der Waals surface area contributed by atoms with Crippen molar-refractivity contribution >= 4 is 11.5 Å². The van der Waals surface area contributed by atoms with E-state index >= 15 is 0 Å². The fraction of sp³-hybridized carbons (Fsp3) is 0.381. The first-order chi connectivity index (χ1) is 13.0. The fourth-order valence-corrected chi connectivity index (χ4v) is 3.11. The van der Waals surface area contributed by atoms with Crippen LogP contribution >= 0.6 is 0 Å². The predicted octanol–water partition coefficient (Wildman–Crippen LogP) is 3.46. The summed E-state index contributed by atoms with van der Waals surface area (Å²) in [6, 6.07) is 9.40. The largest absolute Gasteiger partial charge is 0.491 e. The summed E-state index contributed by atoms with van der Waals surface area (Å²) in [4.78, 5) is 10.9. The van der Waals surface area contributed by atoms with Gasteiger partial charge in [0.05, 0.1) is 29.7 Å². The van der Waals surface area contributed by atoms with E-state index in [1.54, 1.807) is 0 Å². The summed E-state index contributed by atoms with van der Waals surface area (Å²) in [5.41, 5.74) is 1.68. The minimum Gasteiger partial charge on any atom is -0.491 e. The van der Waals surface area contributed by atoms with Crippen LogP contribution in [0.15, 0.2) is 49.3 Å². The van der Waals surface area contributed by atoms with Gasteiger partial charge in [0, 0.05) is 24.7 Å². The van der Waals surface area contributed by atoms with Crippen molar-refractivity contribution in [3.05, 3.63) is 60.6 Å². The van der Waals surface area contributed by atoms with E-state index < -0.39 is 0 Å². The Morgan fingerprint density at radius 2 is 2.15 bits per heavy atom. The van der Waals surface area contributed by atoms with Crippen LogP contribution in [0.1, 0.15) is 32.0 Å². The number of hydrogen-bond donors (Lipinski definition) is 1. The van der Waals surface area contributed by atoms with Crippen molar-refractivity contribution in [1.29, 1.82) is 5.41 Å². The highest BCUT2D eigenvalue weighted by molar-refractivity contribution is 6.10. The molecule has 0 aliphatic carbocycles. The second kappa shape index (κ2) is 8.31. The van der Waals surface area contributed by atoms with E-state index in [1.807, 2.05) is 57.2 Å². The summed E-state index contributed by atoms with van der Waals surface area (Å²) in [5.74, 6) is 1.54. The Morgan fingerprint density at radius 3 is 2.89 bits per heavy atom. The SMILES string of the molecule is C=C[C@H]1CN(c2cc(C(=N)c3cccc(OC(C)C)c3)ncn2)C[C@@H](C)O1. The maximum Gasteiger partial charge on any atom is 0.132 e. The summed E-state index contributed by atoms with van der Waals surface area (Å²) in [6.45, 7) is 11.3. The minimum absolute atomic E-state index is 0.0310. The van der Waals surface area contributed by atoms with E-state index in [0.29, 0.717) is 18.0 Å². The van der Waals surface area contributed by atoms with Crippen molar-refractivity contribution in [2.75, 3.05) is 18.0 Å². The van der Waals surface area contributed by atoms with Gasteiger partial charge in [-0.05, 0) is 32.9 Å². The molecule has 0 bridgehead atoms. The predicted molar refractivity (Wildman–Crippen MR) is 107 cm³/mol. The van der Waals surface area contributed by atoms with Gasteiger partial charge in [0.25, 0.3) is 0 Å². The zero-order chi connectivity index (χ0) is 19.4. The monoisotopic (exact) mass is 366 g/mol. The quantitative estimate of drug-likeness (QED) is 0.626. The number of ether oxygens (including phenoxy) is 2. The lowest BCUT2D eigenvalue weighted by Crippen LogP contribution is -2.46. The lowest BCUT2D eigenvalue weighted by atomic mass is 10.1. The van der Waals surface area contributed by atoms with Gasteiger partial charge < -0.3 is 14.4 Å². The van der Waals surface area contributed by atoms with Crippen LogP contribution in [0.3, 0.4) is 0 Å². The molecular weight excluding hydrogens is 340 g/mol. The number of anilines is 1.